The summed E-state index contributed by atoms with van der Waals surface area (Å²) in [4.78, 5) is 30.5. The van der Waals surface area contributed by atoms with Crippen molar-refractivity contribution in [3.05, 3.63) is 46.6 Å². The molecule has 0 unspecified atom stereocenters. The van der Waals surface area contributed by atoms with E-state index >= 15 is 0 Å². The quantitative estimate of drug-likeness (QED) is 0.887. The van der Waals surface area contributed by atoms with Gasteiger partial charge >= 0.3 is 0 Å². The Morgan fingerprint density at radius 1 is 1.35 bits per heavy atom. The van der Waals surface area contributed by atoms with Gasteiger partial charge in [-0.15, -0.1) is 0 Å². The van der Waals surface area contributed by atoms with Crippen molar-refractivity contribution in [2.45, 2.75) is 52.6 Å². The van der Waals surface area contributed by atoms with Crippen LogP contribution in [0.4, 0.5) is 0 Å². The van der Waals surface area contributed by atoms with Gasteiger partial charge in [-0.1, -0.05) is 11.2 Å². The molecule has 7 nitrogen and oxygen atoms in total. The molecule has 0 saturated carbocycles. The van der Waals surface area contributed by atoms with Gasteiger partial charge in [0.2, 0.25) is 11.8 Å². The maximum atomic E-state index is 12.9. The monoisotopic (exact) mass is 356 g/mol. The molecule has 0 aromatic carbocycles. The van der Waals surface area contributed by atoms with E-state index < -0.39 is 0 Å². The highest BCUT2D eigenvalue weighted by Gasteiger charge is 2.31. The Hall–Kier alpha value is -2.70. The molecule has 138 valence electrons. The minimum absolute atomic E-state index is 0.0275. The van der Waals surface area contributed by atoms with E-state index in [0.29, 0.717) is 18.7 Å². The molecule has 1 aliphatic rings. The van der Waals surface area contributed by atoms with E-state index in [0.717, 1.165) is 42.0 Å². The third kappa shape index (κ3) is 3.92. The van der Waals surface area contributed by atoms with Gasteiger partial charge < -0.3 is 14.7 Å². The highest BCUT2D eigenvalue weighted by atomic mass is 16.5. The molecule has 26 heavy (non-hydrogen) atoms. The molecular weight excluding hydrogens is 332 g/mol. The van der Waals surface area contributed by atoms with Crippen molar-refractivity contribution >= 4 is 11.8 Å². The number of carbonyl (C=O) groups excluding carboxylic acids is 2. The van der Waals surface area contributed by atoms with Gasteiger partial charge in [0.25, 0.3) is 0 Å². The number of hydrogen-bond donors (Lipinski definition) is 1. The van der Waals surface area contributed by atoms with Gasteiger partial charge in [0.15, 0.2) is 0 Å². The Balaban J connectivity index is 1.74. The van der Waals surface area contributed by atoms with Crippen molar-refractivity contribution in [2.75, 3.05) is 6.54 Å². The van der Waals surface area contributed by atoms with Crippen LogP contribution in [0, 0.1) is 13.8 Å². The molecular formula is C19H24N4O3. The van der Waals surface area contributed by atoms with Gasteiger partial charge in [0.05, 0.1) is 36.1 Å². The van der Waals surface area contributed by atoms with Crippen LogP contribution in [-0.4, -0.2) is 33.4 Å². The number of aryl methyl sites for hydroxylation is 2. The fraction of sp³-hybridized carbons (Fsp3) is 0.474. The van der Waals surface area contributed by atoms with E-state index in [1.54, 1.807) is 0 Å². The third-order valence-corrected chi connectivity index (χ3v) is 4.77. The first-order valence-electron chi connectivity index (χ1n) is 8.87. The molecule has 2 aromatic heterocycles. The first-order valence-corrected chi connectivity index (χ1v) is 8.87. The van der Waals surface area contributed by atoms with Gasteiger partial charge in [0.1, 0.15) is 5.76 Å². The molecule has 0 spiro atoms. The van der Waals surface area contributed by atoms with Crippen LogP contribution in [0.25, 0.3) is 0 Å². The van der Waals surface area contributed by atoms with Crippen molar-refractivity contribution in [3.63, 3.8) is 0 Å². The number of nitrogens with one attached hydrogen (secondary N) is 1. The van der Waals surface area contributed by atoms with Gasteiger partial charge in [-0.3, -0.25) is 14.6 Å². The van der Waals surface area contributed by atoms with Crippen molar-refractivity contribution in [1.29, 1.82) is 0 Å². The smallest absolute Gasteiger partial charge is 0.227 e. The van der Waals surface area contributed by atoms with Crippen LogP contribution in [0.1, 0.15) is 54.2 Å². The lowest BCUT2D eigenvalue weighted by molar-refractivity contribution is -0.131. The zero-order valence-electron chi connectivity index (χ0n) is 15.4. The second-order valence-corrected chi connectivity index (χ2v) is 6.69. The fourth-order valence-corrected chi connectivity index (χ4v) is 3.38. The normalized spacial score (nSPS) is 16.7. The Bertz CT molecular complexity index is 795. The molecule has 0 bridgehead atoms. The number of rotatable bonds is 5. The number of nitrogens with zero attached hydrogens (tertiary/aromatic N) is 3. The summed E-state index contributed by atoms with van der Waals surface area (Å²) in [7, 11) is 0. The third-order valence-electron chi connectivity index (χ3n) is 4.77. The zero-order chi connectivity index (χ0) is 18.7. The molecule has 7 heteroatoms. The van der Waals surface area contributed by atoms with Crippen molar-refractivity contribution < 1.29 is 14.1 Å². The SMILES string of the molecule is CC(=O)NCc1cccc([C@H]2CCCN2C(=O)Cc2c(C)noc2C)n1. The number of amides is 2. The lowest BCUT2D eigenvalue weighted by Crippen LogP contribution is -2.32. The molecule has 0 aliphatic carbocycles. The summed E-state index contributed by atoms with van der Waals surface area (Å²) in [6.07, 6.45) is 2.14. The number of hydrogen-bond acceptors (Lipinski definition) is 5. The number of pyridine rings is 1. The lowest BCUT2D eigenvalue weighted by Gasteiger charge is -2.24. The largest absolute Gasteiger partial charge is 0.361 e. The molecule has 2 amide bonds. The van der Waals surface area contributed by atoms with Crippen molar-refractivity contribution in [2.24, 2.45) is 0 Å². The maximum absolute atomic E-state index is 12.9. The van der Waals surface area contributed by atoms with E-state index in [9.17, 15) is 9.59 Å². The van der Waals surface area contributed by atoms with E-state index in [1.165, 1.54) is 6.92 Å². The fourth-order valence-electron chi connectivity index (χ4n) is 3.38. The summed E-state index contributed by atoms with van der Waals surface area (Å²) in [5.74, 6) is 0.673. The highest BCUT2D eigenvalue weighted by molar-refractivity contribution is 5.80. The standard InChI is InChI=1S/C19H24N4O3/c1-12-16(13(2)26-22-12)10-19(25)23-9-5-8-18(23)17-7-4-6-15(21-17)11-20-14(3)24/h4,6-7,18H,5,8-11H2,1-3H3,(H,20,24)/t18-/m1/s1. The number of carbonyl (C=O) groups is 2. The van der Waals surface area contributed by atoms with E-state index in [1.807, 2.05) is 36.9 Å². The van der Waals surface area contributed by atoms with E-state index in [-0.39, 0.29) is 17.9 Å². The zero-order valence-corrected chi connectivity index (χ0v) is 15.4. The highest BCUT2D eigenvalue weighted by Crippen LogP contribution is 2.31. The Morgan fingerprint density at radius 2 is 2.15 bits per heavy atom. The minimum Gasteiger partial charge on any atom is -0.361 e. The number of aromatic nitrogens is 2. The Labute approximate surface area is 152 Å². The molecule has 1 atom stereocenters. The summed E-state index contributed by atoms with van der Waals surface area (Å²) in [6, 6.07) is 5.73. The number of likely N-dealkylation sites (tertiary alicyclic amines) is 1. The molecule has 3 rings (SSSR count). The minimum atomic E-state index is -0.0886. The van der Waals surface area contributed by atoms with Gasteiger partial charge in [-0.2, -0.15) is 0 Å². The summed E-state index contributed by atoms with van der Waals surface area (Å²) in [5, 5.41) is 6.68. The van der Waals surface area contributed by atoms with Crippen LogP contribution in [0.2, 0.25) is 0 Å². The Kier molecular flexibility index (Phi) is 5.35. The van der Waals surface area contributed by atoms with Crippen LogP contribution >= 0.6 is 0 Å². The molecule has 0 radical (unpaired) electrons. The predicted molar refractivity (Wildman–Crippen MR) is 95.1 cm³/mol. The predicted octanol–water partition coefficient (Wildman–Crippen LogP) is 2.23. The topological polar surface area (TPSA) is 88.3 Å². The molecule has 1 saturated heterocycles. The van der Waals surface area contributed by atoms with Crippen LogP contribution in [-0.2, 0) is 22.6 Å². The summed E-state index contributed by atoms with van der Waals surface area (Å²) in [6.45, 7) is 6.29. The van der Waals surface area contributed by atoms with Crippen molar-refractivity contribution in [1.82, 2.24) is 20.4 Å². The molecule has 1 N–H and O–H groups in total. The van der Waals surface area contributed by atoms with Gasteiger partial charge in [-0.05, 0) is 38.8 Å². The average Bonchev–Trinajstić information content (AvgIpc) is 3.22. The van der Waals surface area contributed by atoms with E-state index in [4.69, 9.17) is 4.52 Å². The van der Waals surface area contributed by atoms with Crippen LogP contribution < -0.4 is 5.32 Å². The molecule has 3 heterocycles. The van der Waals surface area contributed by atoms with E-state index in [2.05, 4.69) is 15.5 Å². The first-order chi connectivity index (χ1) is 12.5. The first kappa shape index (κ1) is 18.1. The summed E-state index contributed by atoms with van der Waals surface area (Å²) in [5.41, 5.74) is 3.30. The average molecular weight is 356 g/mol. The van der Waals surface area contributed by atoms with Crippen molar-refractivity contribution in [3.8, 4) is 0 Å². The second kappa shape index (κ2) is 7.68. The molecule has 1 fully saturated rings. The summed E-state index contributed by atoms with van der Waals surface area (Å²) < 4.78 is 5.16. The van der Waals surface area contributed by atoms with Crippen LogP contribution in [0.15, 0.2) is 22.7 Å². The molecule has 1 aliphatic heterocycles. The Morgan fingerprint density at radius 3 is 2.85 bits per heavy atom. The van der Waals surface area contributed by atoms with Crippen LogP contribution in [0.3, 0.4) is 0 Å². The molecule has 2 aromatic rings. The summed E-state index contributed by atoms with van der Waals surface area (Å²) >= 11 is 0. The van der Waals surface area contributed by atoms with Crippen LogP contribution in [0.5, 0.6) is 0 Å². The van der Waals surface area contributed by atoms with Gasteiger partial charge in [-0.25, -0.2) is 0 Å². The lowest BCUT2D eigenvalue weighted by atomic mass is 10.1. The maximum Gasteiger partial charge on any atom is 0.227 e. The second-order valence-electron chi connectivity index (χ2n) is 6.69. The van der Waals surface area contributed by atoms with Gasteiger partial charge in [0, 0.05) is 19.0 Å².